The quantitative estimate of drug-likeness (QED) is 0.376. The number of hydrogen-bond acceptors (Lipinski definition) is 3. The van der Waals surface area contributed by atoms with Gasteiger partial charge in [-0.25, -0.2) is 0 Å². The summed E-state index contributed by atoms with van der Waals surface area (Å²) in [4.78, 5) is 0. The minimum Gasteiger partial charge on any atom is -0.396 e. The van der Waals surface area contributed by atoms with E-state index in [9.17, 15) is 0 Å². The van der Waals surface area contributed by atoms with Crippen molar-refractivity contribution in [2.24, 2.45) is 11.7 Å². The molecule has 0 unspecified atom stereocenters. The van der Waals surface area contributed by atoms with Gasteiger partial charge < -0.3 is 5.11 Å². The zero-order valence-corrected chi connectivity index (χ0v) is 5.95. The molecule has 5 N–H and O–H groups in total. The van der Waals surface area contributed by atoms with Crippen molar-refractivity contribution in [3.8, 4) is 0 Å². The first-order valence-corrected chi connectivity index (χ1v) is 2.36. The van der Waals surface area contributed by atoms with Gasteiger partial charge in [0.05, 0.1) is 0 Å². The summed E-state index contributed by atoms with van der Waals surface area (Å²) >= 11 is 0. The van der Waals surface area contributed by atoms with Crippen LogP contribution >= 0.6 is 12.4 Å². The van der Waals surface area contributed by atoms with Gasteiger partial charge in [-0.15, -0.1) is 12.4 Å². The topological polar surface area (TPSA) is 72.3 Å². The Morgan fingerprint density at radius 1 is 1.38 bits per heavy atom. The van der Waals surface area contributed by atoms with Crippen LogP contribution in [0.25, 0.3) is 0 Å². The Morgan fingerprint density at radius 3 is 1.75 bits per heavy atom. The number of unbranched alkanes of at least 4 members (excludes halogenated alkanes) is 1. The highest BCUT2D eigenvalue weighted by Crippen LogP contribution is 1.78. The summed E-state index contributed by atoms with van der Waals surface area (Å²) in [7, 11) is 0. The summed E-state index contributed by atoms with van der Waals surface area (Å²) in [6.45, 7) is 2.40. The standard InChI is InChI=1S/C4H10O.ClH.H4N2/c1-2-3-4-5;;1-2/h5H,2-4H2,1H3;1H;1-2H2. The molecule has 0 amide bonds. The maximum Gasteiger partial charge on any atom is 0.0430 e. The number of nitrogens with two attached hydrogens (primary N) is 2. The molecule has 0 aliphatic carbocycles. The Balaban J connectivity index is -0.0000000750. The summed E-state index contributed by atoms with van der Waals surface area (Å²) in [5.41, 5.74) is 0. The highest BCUT2D eigenvalue weighted by atomic mass is 35.5. The van der Waals surface area contributed by atoms with E-state index in [2.05, 4.69) is 18.6 Å². The van der Waals surface area contributed by atoms with E-state index in [0.29, 0.717) is 6.61 Å². The summed E-state index contributed by atoms with van der Waals surface area (Å²) in [5, 5.41) is 8.07. The molecule has 0 aliphatic rings. The van der Waals surface area contributed by atoms with Crippen molar-refractivity contribution >= 4 is 12.4 Å². The first kappa shape index (κ1) is 15.7. The van der Waals surface area contributed by atoms with Crippen LogP contribution in [0.2, 0.25) is 0 Å². The lowest BCUT2D eigenvalue weighted by Gasteiger charge is -1.79. The largest absolute Gasteiger partial charge is 0.396 e. The van der Waals surface area contributed by atoms with Gasteiger partial charge >= 0.3 is 0 Å². The molecule has 0 radical (unpaired) electrons. The zero-order chi connectivity index (χ0) is 6.12. The Morgan fingerprint density at radius 2 is 1.75 bits per heavy atom. The second kappa shape index (κ2) is 27.2. The van der Waals surface area contributed by atoms with Gasteiger partial charge in [0.1, 0.15) is 0 Å². The van der Waals surface area contributed by atoms with Crippen LogP contribution in [0.4, 0.5) is 0 Å². The Bertz CT molecular complexity index is 21.5. The van der Waals surface area contributed by atoms with E-state index in [1.54, 1.807) is 0 Å². The number of hydrogen-bond donors (Lipinski definition) is 3. The Labute approximate surface area is 56.4 Å². The van der Waals surface area contributed by atoms with Crippen LogP contribution in [-0.4, -0.2) is 11.7 Å². The van der Waals surface area contributed by atoms with Crippen LogP contribution in [0.3, 0.4) is 0 Å². The van der Waals surface area contributed by atoms with Crippen molar-refractivity contribution in [3.05, 3.63) is 0 Å². The van der Waals surface area contributed by atoms with E-state index in [1.807, 2.05) is 0 Å². The molecule has 0 aromatic heterocycles. The number of aliphatic hydroxyl groups excluding tert-OH is 1. The van der Waals surface area contributed by atoms with Crippen molar-refractivity contribution in [3.63, 3.8) is 0 Å². The van der Waals surface area contributed by atoms with Crippen molar-refractivity contribution in [2.75, 3.05) is 6.61 Å². The van der Waals surface area contributed by atoms with Crippen LogP contribution in [0.15, 0.2) is 0 Å². The molecule has 0 aromatic carbocycles. The fraction of sp³-hybridized carbons (Fsp3) is 1.00. The third-order valence-corrected chi connectivity index (χ3v) is 0.512. The minimum atomic E-state index is 0. The van der Waals surface area contributed by atoms with E-state index in [1.165, 1.54) is 0 Å². The molecule has 0 rings (SSSR count). The third kappa shape index (κ3) is 35.0. The van der Waals surface area contributed by atoms with Crippen molar-refractivity contribution in [1.29, 1.82) is 0 Å². The van der Waals surface area contributed by atoms with Crippen LogP contribution in [-0.2, 0) is 0 Å². The number of hydrazine groups is 1. The smallest absolute Gasteiger partial charge is 0.0430 e. The summed E-state index contributed by atoms with van der Waals surface area (Å²) in [6, 6.07) is 0. The second-order valence-corrected chi connectivity index (χ2v) is 1.08. The van der Waals surface area contributed by atoms with Gasteiger partial charge in [-0.05, 0) is 6.42 Å². The molecular weight excluding hydrogens is 128 g/mol. The lowest BCUT2D eigenvalue weighted by molar-refractivity contribution is 0.287. The molecule has 0 saturated carbocycles. The maximum absolute atomic E-state index is 8.07. The van der Waals surface area contributed by atoms with Crippen molar-refractivity contribution in [1.82, 2.24) is 0 Å². The van der Waals surface area contributed by atoms with E-state index in [0.717, 1.165) is 12.8 Å². The van der Waals surface area contributed by atoms with Crippen LogP contribution < -0.4 is 11.7 Å². The summed E-state index contributed by atoms with van der Waals surface area (Å²) in [6.07, 6.45) is 2.04. The predicted octanol–water partition coefficient (Wildman–Crippen LogP) is 0.0194. The molecule has 0 saturated heterocycles. The molecule has 0 bridgehead atoms. The highest BCUT2D eigenvalue weighted by molar-refractivity contribution is 5.85. The monoisotopic (exact) mass is 142 g/mol. The van der Waals surface area contributed by atoms with Crippen molar-refractivity contribution < 1.29 is 5.11 Å². The molecule has 8 heavy (non-hydrogen) atoms. The number of rotatable bonds is 2. The van der Waals surface area contributed by atoms with E-state index >= 15 is 0 Å². The molecule has 0 heterocycles. The molecule has 0 aliphatic heterocycles. The Kier molecular flexibility index (Phi) is 53.4. The molecule has 4 heteroatoms. The van der Waals surface area contributed by atoms with Crippen LogP contribution in [0.1, 0.15) is 19.8 Å². The first-order chi connectivity index (χ1) is 3.41. The molecule has 0 spiro atoms. The maximum atomic E-state index is 8.07. The molecule has 0 aromatic rings. The van der Waals surface area contributed by atoms with E-state index in [-0.39, 0.29) is 12.4 Å². The second-order valence-electron chi connectivity index (χ2n) is 1.08. The zero-order valence-electron chi connectivity index (χ0n) is 5.13. The molecular formula is C4H15ClN2O. The SMILES string of the molecule is CCCCO.Cl.NN. The highest BCUT2D eigenvalue weighted by Gasteiger charge is 1.69. The predicted molar refractivity (Wildman–Crippen MR) is 37.6 cm³/mol. The summed E-state index contributed by atoms with van der Waals surface area (Å²) < 4.78 is 0. The van der Waals surface area contributed by atoms with Crippen LogP contribution in [0, 0.1) is 0 Å². The Hall–Kier alpha value is 0.170. The third-order valence-electron chi connectivity index (χ3n) is 0.512. The van der Waals surface area contributed by atoms with Gasteiger partial charge in [0.15, 0.2) is 0 Å². The average Bonchev–Trinajstić information content (AvgIpc) is 1.75. The van der Waals surface area contributed by atoms with E-state index < -0.39 is 0 Å². The lowest BCUT2D eigenvalue weighted by atomic mass is 10.4. The van der Waals surface area contributed by atoms with E-state index in [4.69, 9.17) is 5.11 Å². The molecule has 54 valence electrons. The summed E-state index contributed by atoms with van der Waals surface area (Å²) in [5.74, 6) is 8.00. The van der Waals surface area contributed by atoms with Gasteiger partial charge in [-0.3, -0.25) is 11.7 Å². The first-order valence-electron chi connectivity index (χ1n) is 2.36. The van der Waals surface area contributed by atoms with Gasteiger partial charge in [-0.2, -0.15) is 0 Å². The van der Waals surface area contributed by atoms with Gasteiger partial charge in [0.25, 0.3) is 0 Å². The fourth-order valence-electron chi connectivity index (χ4n) is 0.158. The number of aliphatic hydroxyl groups is 1. The van der Waals surface area contributed by atoms with Crippen LogP contribution in [0.5, 0.6) is 0 Å². The fourth-order valence-corrected chi connectivity index (χ4v) is 0.158. The van der Waals surface area contributed by atoms with Gasteiger partial charge in [0, 0.05) is 6.61 Å². The molecule has 0 fully saturated rings. The van der Waals surface area contributed by atoms with Crippen molar-refractivity contribution in [2.45, 2.75) is 19.8 Å². The number of halogens is 1. The lowest BCUT2D eigenvalue weighted by Crippen LogP contribution is -2.02. The minimum absolute atomic E-state index is 0. The molecule has 3 nitrogen and oxygen atoms in total. The van der Waals surface area contributed by atoms with Gasteiger partial charge in [0.2, 0.25) is 0 Å². The molecule has 0 atom stereocenters. The van der Waals surface area contributed by atoms with Gasteiger partial charge in [-0.1, -0.05) is 13.3 Å². The normalized spacial score (nSPS) is 6.00. The average molecular weight is 143 g/mol.